The van der Waals surface area contributed by atoms with Crippen LogP contribution in [0.1, 0.15) is 5.56 Å². The molecule has 0 aliphatic carbocycles. The first-order valence-electron chi connectivity index (χ1n) is 6.82. The van der Waals surface area contributed by atoms with Gasteiger partial charge in [-0.25, -0.2) is 13.1 Å². The summed E-state index contributed by atoms with van der Waals surface area (Å²) in [5, 5.41) is 9.52. The average Bonchev–Trinajstić information content (AvgIpc) is 3.05. The average molecular weight is 346 g/mol. The third-order valence-electron chi connectivity index (χ3n) is 3.19. The van der Waals surface area contributed by atoms with E-state index in [1.807, 2.05) is 6.07 Å². The highest BCUT2D eigenvalue weighted by Gasteiger charge is 2.17. The van der Waals surface area contributed by atoms with Gasteiger partial charge in [-0.05, 0) is 47.5 Å². The third-order valence-corrected chi connectivity index (χ3v) is 6.22. The lowest BCUT2D eigenvalue weighted by Gasteiger charge is -2.04. The molecule has 118 valence electrons. The van der Waals surface area contributed by atoms with Crippen LogP contribution in [-0.2, 0) is 16.6 Å². The van der Waals surface area contributed by atoms with Crippen LogP contribution in [0.5, 0.6) is 5.75 Å². The van der Waals surface area contributed by atoms with Crippen LogP contribution >= 0.6 is 11.3 Å². The predicted molar refractivity (Wildman–Crippen MR) is 89.7 cm³/mol. The molecule has 2 N–H and O–H groups in total. The SMILES string of the molecule is O=S(=O)(NCc1ccncc1)c1ccc(-c2cccc(O)c2)s1. The first-order valence-corrected chi connectivity index (χ1v) is 9.12. The summed E-state index contributed by atoms with van der Waals surface area (Å²) >= 11 is 1.16. The van der Waals surface area contributed by atoms with Crippen LogP contribution in [0.4, 0.5) is 0 Å². The molecule has 0 amide bonds. The quantitative estimate of drug-likeness (QED) is 0.744. The molecule has 1 aromatic carbocycles. The van der Waals surface area contributed by atoms with Crippen molar-refractivity contribution in [1.29, 1.82) is 0 Å². The number of rotatable bonds is 5. The van der Waals surface area contributed by atoms with E-state index >= 15 is 0 Å². The van der Waals surface area contributed by atoms with Gasteiger partial charge in [-0.2, -0.15) is 0 Å². The fraction of sp³-hybridized carbons (Fsp3) is 0.0625. The molecule has 0 bridgehead atoms. The van der Waals surface area contributed by atoms with Gasteiger partial charge >= 0.3 is 0 Å². The lowest BCUT2D eigenvalue weighted by molar-refractivity contribution is 0.475. The summed E-state index contributed by atoms with van der Waals surface area (Å²) in [5.74, 6) is 0.149. The van der Waals surface area contributed by atoms with Crippen molar-refractivity contribution in [2.24, 2.45) is 0 Å². The standard InChI is InChI=1S/C16H14N2O3S2/c19-14-3-1-2-13(10-14)15-4-5-16(22-15)23(20,21)18-11-12-6-8-17-9-7-12/h1-10,18-19H,11H2. The summed E-state index contributed by atoms with van der Waals surface area (Å²) in [6, 6.07) is 13.5. The van der Waals surface area contributed by atoms with Gasteiger partial charge in [0, 0.05) is 23.8 Å². The number of nitrogens with zero attached hydrogens (tertiary/aromatic N) is 1. The molecule has 2 heterocycles. The number of nitrogens with one attached hydrogen (secondary N) is 1. The zero-order valence-corrected chi connectivity index (χ0v) is 13.6. The highest BCUT2D eigenvalue weighted by molar-refractivity contribution is 7.91. The van der Waals surface area contributed by atoms with Crippen molar-refractivity contribution < 1.29 is 13.5 Å². The molecule has 7 heteroatoms. The van der Waals surface area contributed by atoms with E-state index in [-0.39, 0.29) is 16.5 Å². The second-order valence-corrected chi connectivity index (χ2v) is 7.93. The number of hydrogen-bond acceptors (Lipinski definition) is 5. The Morgan fingerprint density at radius 2 is 1.87 bits per heavy atom. The Labute approximate surface area is 138 Å². The van der Waals surface area contributed by atoms with E-state index in [9.17, 15) is 13.5 Å². The zero-order chi connectivity index (χ0) is 16.3. The minimum Gasteiger partial charge on any atom is -0.508 e. The normalized spacial score (nSPS) is 11.5. The van der Waals surface area contributed by atoms with Gasteiger partial charge in [0.2, 0.25) is 10.0 Å². The molecule has 0 saturated carbocycles. The first kappa shape index (κ1) is 15.7. The van der Waals surface area contributed by atoms with Crippen LogP contribution < -0.4 is 4.72 Å². The maximum atomic E-state index is 12.4. The van der Waals surface area contributed by atoms with Crippen molar-refractivity contribution in [3.05, 3.63) is 66.5 Å². The number of phenols is 1. The number of thiophene rings is 1. The Kier molecular flexibility index (Phi) is 4.42. The number of aromatic hydroxyl groups is 1. The summed E-state index contributed by atoms with van der Waals surface area (Å²) in [5.41, 5.74) is 1.62. The molecule has 0 atom stereocenters. The molecule has 0 fully saturated rings. The van der Waals surface area contributed by atoms with Crippen LogP contribution in [0.3, 0.4) is 0 Å². The number of benzene rings is 1. The molecule has 3 rings (SSSR count). The smallest absolute Gasteiger partial charge is 0.250 e. The highest BCUT2D eigenvalue weighted by Crippen LogP contribution is 2.32. The molecular formula is C16H14N2O3S2. The van der Waals surface area contributed by atoms with Crippen molar-refractivity contribution in [2.45, 2.75) is 10.8 Å². The number of sulfonamides is 1. The van der Waals surface area contributed by atoms with E-state index in [4.69, 9.17) is 0 Å². The lowest BCUT2D eigenvalue weighted by Crippen LogP contribution is -2.22. The lowest BCUT2D eigenvalue weighted by atomic mass is 10.2. The first-order chi connectivity index (χ1) is 11.0. The molecule has 0 saturated heterocycles. The van der Waals surface area contributed by atoms with E-state index in [0.717, 1.165) is 27.3 Å². The maximum absolute atomic E-state index is 12.4. The Hall–Kier alpha value is -2.22. The van der Waals surface area contributed by atoms with Gasteiger partial charge in [-0.15, -0.1) is 11.3 Å². The van der Waals surface area contributed by atoms with E-state index in [2.05, 4.69) is 9.71 Å². The summed E-state index contributed by atoms with van der Waals surface area (Å²) in [4.78, 5) is 4.68. The fourth-order valence-electron chi connectivity index (χ4n) is 2.03. The molecule has 0 unspecified atom stereocenters. The van der Waals surface area contributed by atoms with E-state index in [1.54, 1.807) is 54.9 Å². The van der Waals surface area contributed by atoms with E-state index < -0.39 is 10.0 Å². The van der Waals surface area contributed by atoms with Crippen molar-refractivity contribution in [2.75, 3.05) is 0 Å². The Bertz CT molecular complexity index is 906. The van der Waals surface area contributed by atoms with Crippen LogP contribution in [0.15, 0.2) is 65.1 Å². The topological polar surface area (TPSA) is 79.3 Å². The summed E-state index contributed by atoms with van der Waals surface area (Å²) in [6.45, 7) is 0.213. The van der Waals surface area contributed by atoms with Crippen molar-refractivity contribution in [3.63, 3.8) is 0 Å². The monoisotopic (exact) mass is 346 g/mol. The van der Waals surface area contributed by atoms with Crippen LogP contribution in [-0.4, -0.2) is 18.5 Å². The van der Waals surface area contributed by atoms with Crippen molar-refractivity contribution >= 4 is 21.4 Å². The predicted octanol–water partition coefficient (Wildman–Crippen LogP) is 2.99. The van der Waals surface area contributed by atoms with Gasteiger partial charge in [-0.1, -0.05) is 12.1 Å². The molecule has 3 aromatic rings. The van der Waals surface area contributed by atoms with Crippen LogP contribution in [0.2, 0.25) is 0 Å². The maximum Gasteiger partial charge on any atom is 0.250 e. The Morgan fingerprint density at radius 1 is 1.09 bits per heavy atom. The van der Waals surface area contributed by atoms with Gasteiger partial charge < -0.3 is 5.11 Å². The number of aromatic nitrogens is 1. The number of pyridine rings is 1. The van der Waals surface area contributed by atoms with Gasteiger partial charge in [0.15, 0.2) is 0 Å². The fourth-order valence-corrected chi connectivity index (χ4v) is 4.39. The molecule has 23 heavy (non-hydrogen) atoms. The molecular weight excluding hydrogens is 332 g/mol. The van der Waals surface area contributed by atoms with Crippen LogP contribution in [0, 0.1) is 0 Å². The van der Waals surface area contributed by atoms with Gasteiger partial charge in [0.25, 0.3) is 0 Å². The second-order valence-electron chi connectivity index (χ2n) is 4.85. The van der Waals surface area contributed by atoms with E-state index in [0.29, 0.717) is 0 Å². The molecule has 0 radical (unpaired) electrons. The van der Waals surface area contributed by atoms with E-state index in [1.165, 1.54) is 0 Å². The summed E-state index contributed by atoms with van der Waals surface area (Å²) in [7, 11) is -3.57. The third kappa shape index (κ3) is 3.76. The molecule has 5 nitrogen and oxygen atoms in total. The largest absolute Gasteiger partial charge is 0.508 e. The molecule has 0 aliphatic rings. The number of hydrogen-bond donors (Lipinski definition) is 2. The number of phenolic OH excluding ortho intramolecular Hbond substituents is 1. The minimum atomic E-state index is -3.57. The highest BCUT2D eigenvalue weighted by atomic mass is 32.2. The molecule has 0 aliphatic heterocycles. The van der Waals surface area contributed by atoms with Crippen molar-refractivity contribution in [1.82, 2.24) is 9.71 Å². The molecule has 2 aromatic heterocycles. The van der Waals surface area contributed by atoms with Crippen LogP contribution in [0.25, 0.3) is 10.4 Å². The zero-order valence-electron chi connectivity index (χ0n) is 12.0. The Morgan fingerprint density at radius 3 is 2.61 bits per heavy atom. The Balaban J connectivity index is 1.79. The second kappa shape index (κ2) is 6.49. The van der Waals surface area contributed by atoms with Gasteiger partial charge in [-0.3, -0.25) is 4.98 Å². The van der Waals surface area contributed by atoms with Gasteiger partial charge in [0.1, 0.15) is 9.96 Å². The summed E-state index contributed by atoms with van der Waals surface area (Å²) in [6.07, 6.45) is 3.24. The summed E-state index contributed by atoms with van der Waals surface area (Å²) < 4.78 is 27.5. The molecule has 0 spiro atoms. The van der Waals surface area contributed by atoms with Gasteiger partial charge in [0.05, 0.1) is 0 Å². The van der Waals surface area contributed by atoms with Crippen molar-refractivity contribution in [3.8, 4) is 16.2 Å². The minimum absolute atomic E-state index is 0.149.